The molecule has 0 bridgehead atoms. The molecule has 1 atom stereocenters. The lowest BCUT2D eigenvalue weighted by Gasteiger charge is -2.18. The summed E-state index contributed by atoms with van der Waals surface area (Å²) in [5, 5.41) is 11.6. The van der Waals surface area contributed by atoms with Crippen LogP contribution in [0, 0.1) is 0 Å². The van der Waals surface area contributed by atoms with Crippen LogP contribution in [0.4, 0.5) is 0 Å². The van der Waals surface area contributed by atoms with E-state index in [2.05, 4.69) is 0 Å². The van der Waals surface area contributed by atoms with Gasteiger partial charge in [-0.25, -0.2) is 0 Å². The third-order valence-electron chi connectivity index (χ3n) is 5.55. The molecule has 0 saturated carbocycles. The van der Waals surface area contributed by atoms with Crippen molar-refractivity contribution in [2.75, 3.05) is 14.2 Å². The van der Waals surface area contributed by atoms with Crippen LogP contribution in [0.25, 0.3) is 21.9 Å². The number of methoxy groups -OCH3 is 2. The Morgan fingerprint density at radius 3 is 2.59 bits per heavy atom. The van der Waals surface area contributed by atoms with E-state index in [-0.39, 0.29) is 28.7 Å². The first-order chi connectivity index (χ1) is 15.3. The molecule has 4 rings (SSSR count). The summed E-state index contributed by atoms with van der Waals surface area (Å²) in [5.41, 5.74) is -0.000142. The Morgan fingerprint density at radius 2 is 1.88 bits per heavy atom. The van der Waals surface area contributed by atoms with Crippen LogP contribution < -0.4 is 15.7 Å². The lowest BCUT2D eigenvalue weighted by atomic mass is 9.91. The molecule has 2 aromatic heterocycles. The molecule has 164 valence electrons. The van der Waals surface area contributed by atoms with E-state index in [4.69, 9.17) is 13.9 Å². The van der Waals surface area contributed by atoms with Crippen molar-refractivity contribution in [3.63, 3.8) is 0 Å². The minimum absolute atomic E-state index is 0.163. The molecule has 0 spiro atoms. The van der Waals surface area contributed by atoms with Crippen LogP contribution in [0.2, 0.25) is 0 Å². The number of rotatable bonds is 5. The number of aromatic nitrogens is 1. The Labute approximate surface area is 182 Å². The number of esters is 1. The van der Waals surface area contributed by atoms with Gasteiger partial charge in [-0.3, -0.25) is 14.4 Å². The van der Waals surface area contributed by atoms with E-state index in [9.17, 15) is 19.5 Å². The van der Waals surface area contributed by atoms with Crippen molar-refractivity contribution in [3.8, 4) is 11.5 Å². The summed E-state index contributed by atoms with van der Waals surface area (Å²) in [5.74, 6) is -1.88. The number of aromatic hydroxyl groups is 1. The van der Waals surface area contributed by atoms with Crippen LogP contribution in [0.5, 0.6) is 11.5 Å². The zero-order chi connectivity index (χ0) is 23.0. The molecule has 0 aliphatic carbocycles. The van der Waals surface area contributed by atoms with Gasteiger partial charge < -0.3 is 23.6 Å². The molecule has 2 aromatic carbocycles. The van der Waals surface area contributed by atoms with Gasteiger partial charge in [-0.05, 0) is 35.7 Å². The Balaban J connectivity index is 2.01. The predicted molar refractivity (Wildman–Crippen MR) is 118 cm³/mol. The molecule has 0 fully saturated rings. The number of carbonyl (C=O) groups excluding carboxylic acids is 1. The number of hydrogen-bond donors (Lipinski definition) is 1. The maximum atomic E-state index is 13.3. The van der Waals surface area contributed by atoms with Crippen LogP contribution >= 0.6 is 0 Å². The fourth-order valence-electron chi connectivity index (χ4n) is 3.82. The number of aryl methyl sites for hydroxylation is 1. The fraction of sp³-hybridized carbons (Fsp3) is 0.208. The highest BCUT2D eigenvalue weighted by Crippen LogP contribution is 2.34. The van der Waals surface area contributed by atoms with Gasteiger partial charge >= 0.3 is 5.97 Å². The van der Waals surface area contributed by atoms with Gasteiger partial charge in [0, 0.05) is 18.7 Å². The third-order valence-corrected chi connectivity index (χ3v) is 5.55. The number of pyridine rings is 1. The standard InChI is InChI=1S/C24H21NO7/c1-25-18-11-14(30-2)9-8-13(18)10-17(24(25)29)16(12-20(26)31-3)23-22(28)21(27)15-6-4-5-7-19(15)32-23/h4-11,16,28H,12H2,1-3H3. The maximum Gasteiger partial charge on any atom is 0.306 e. The normalized spacial score (nSPS) is 12.1. The second-order valence-electron chi connectivity index (χ2n) is 7.36. The van der Waals surface area contributed by atoms with Crippen molar-refractivity contribution in [1.82, 2.24) is 4.57 Å². The smallest absolute Gasteiger partial charge is 0.306 e. The average Bonchev–Trinajstić information content (AvgIpc) is 2.82. The second-order valence-corrected chi connectivity index (χ2v) is 7.36. The van der Waals surface area contributed by atoms with Crippen molar-refractivity contribution in [1.29, 1.82) is 0 Å². The highest BCUT2D eigenvalue weighted by atomic mass is 16.5. The van der Waals surface area contributed by atoms with Gasteiger partial charge in [0.2, 0.25) is 11.2 Å². The predicted octanol–water partition coefficient (Wildman–Crippen LogP) is 3.05. The van der Waals surface area contributed by atoms with Gasteiger partial charge in [-0.1, -0.05) is 12.1 Å². The molecule has 1 N–H and O–H groups in total. The maximum absolute atomic E-state index is 13.3. The van der Waals surface area contributed by atoms with Crippen LogP contribution in [-0.2, 0) is 16.6 Å². The Hall–Kier alpha value is -4.07. The van der Waals surface area contributed by atoms with Crippen molar-refractivity contribution >= 4 is 27.8 Å². The minimum Gasteiger partial charge on any atom is -0.502 e. The van der Waals surface area contributed by atoms with Crippen molar-refractivity contribution in [3.05, 3.63) is 80.4 Å². The summed E-state index contributed by atoms with van der Waals surface area (Å²) < 4.78 is 17.3. The highest BCUT2D eigenvalue weighted by Gasteiger charge is 2.30. The van der Waals surface area contributed by atoms with Crippen molar-refractivity contribution < 1.29 is 23.8 Å². The highest BCUT2D eigenvalue weighted by molar-refractivity contribution is 5.82. The van der Waals surface area contributed by atoms with Crippen LogP contribution in [-0.4, -0.2) is 29.9 Å². The summed E-state index contributed by atoms with van der Waals surface area (Å²) in [6.45, 7) is 0. The summed E-state index contributed by atoms with van der Waals surface area (Å²) in [6, 6.07) is 13.3. The first kappa shape index (κ1) is 21.2. The quantitative estimate of drug-likeness (QED) is 0.480. The SMILES string of the molecule is COC(=O)CC(c1oc2ccccc2c(=O)c1O)c1cc2ccc(OC)cc2n(C)c1=O. The number of ether oxygens (including phenoxy) is 2. The largest absolute Gasteiger partial charge is 0.502 e. The van der Waals surface area contributed by atoms with E-state index in [1.807, 2.05) is 0 Å². The molecular weight excluding hydrogens is 414 g/mol. The molecule has 0 saturated heterocycles. The van der Waals surface area contributed by atoms with Crippen molar-refractivity contribution in [2.45, 2.75) is 12.3 Å². The fourth-order valence-corrected chi connectivity index (χ4v) is 3.82. The van der Waals surface area contributed by atoms with Gasteiger partial charge in [-0.2, -0.15) is 0 Å². The number of benzene rings is 2. The number of nitrogens with zero attached hydrogens (tertiary/aromatic N) is 1. The van der Waals surface area contributed by atoms with E-state index in [1.54, 1.807) is 49.5 Å². The van der Waals surface area contributed by atoms with E-state index >= 15 is 0 Å². The summed E-state index contributed by atoms with van der Waals surface area (Å²) in [4.78, 5) is 38.3. The Bertz CT molecular complexity index is 1470. The molecule has 0 radical (unpaired) electrons. The average molecular weight is 435 g/mol. The van der Waals surface area contributed by atoms with E-state index in [1.165, 1.54) is 24.9 Å². The molecule has 0 amide bonds. The summed E-state index contributed by atoms with van der Waals surface area (Å²) in [6.07, 6.45) is -0.303. The molecule has 8 heteroatoms. The monoisotopic (exact) mass is 435 g/mol. The van der Waals surface area contributed by atoms with E-state index in [0.29, 0.717) is 16.7 Å². The number of para-hydroxylation sites is 1. The zero-order valence-corrected chi connectivity index (χ0v) is 17.7. The molecular formula is C24H21NO7. The second kappa shape index (κ2) is 8.22. The summed E-state index contributed by atoms with van der Waals surface area (Å²) >= 11 is 0. The lowest BCUT2D eigenvalue weighted by Crippen LogP contribution is -2.26. The molecule has 32 heavy (non-hydrogen) atoms. The number of hydrogen-bond acceptors (Lipinski definition) is 7. The van der Waals surface area contributed by atoms with Gasteiger partial charge in [0.05, 0.1) is 37.5 Å². The van der Waals surface area contributed by atoms with Crippen molar-refractivity contribution in [2.24, 2.45) is 7.05 Å². The molecule has 0 aliphatic rings. The zero-order valence-electron chi connectivity index (χ0n) is 17.7. The topological polar surface area (TPSA) is 108 Å². The van der Waals surface area contributed by atoms with Gasteiger partial charge in [0.1, 0.15) is 11.3 Å². The third kappa shape index (κ3) is 3.49. The molecule has 0 aliphatic heterocycles. The van der Waals surface area contributed by atoms with Gasteiger partial charge in [0.15, 0.2) is 5.76 Å². The summed E-state index contributed by atoms with van der Waals surface area (Å²) in [7, 11) is 4.35. The first-order valence-electron chi connectivity index (χ1n) is 9.85. The lowest BCUT2D eigenvalue weighted by molar-refractivity contribution is -0.140. The van der Waals surface area contributed by atoms with Gasteiger partial charge in [-0.15, -0.1) is 0 Å². The minimum atomic E-state index is -1.04. The van der Waals surface area contributed by atoms with Crippen LogP contribution in [0.15, 0.2) is 62.5 Å². The first-order valence-corrected chi connectivity index (χ1v) is 9.85. The molecule has 4 aromatic rings. The number of carbonyl (C=O) groups is 1. The Morgan fingerprint density at radius 1 is 1.12 bits per heavy atom. The van der Waals surface area contributed by atoms with Crippen LogP contribution in [0.3, 0.4) is 0 Å². The van der Waals surface area contributed by atoms with E-state index < -0.39 is 28.6 Å². The van der Waals surface area contributed by atoms with Gasteiger partial charge in [0.25, 0.3) is 5.56 Å². The molecule has 2 heterocycles. The molecule has 1 unspecified atom stereocenters. The van der Waals surface area contributed by atoms with Crippen LogP contribution in [0.1, 0.15) is 23.7 Å². The Kier molecular flexibility index (Phi) is 5.44. The number of fused-ring (bicyclic) bond motifs is 2. The molecule has 8 nitrogen and oxygen atoms in total. The van der Waals surface area contributed by atoms with E-state index in [0.717, 1.165) is 0 Å².